The van der Waals surface area contributed by atoms with Crippen LogP contribution in [0.4, 0.5) is 11.4 Å². The molecule has 1 heterocycles. The average molecular weight is 502 g/mol. The van der Waals surface area contributed by atoms with Crippen molar-refractivity contribution in [3.8, 4) is 5.75 Å². The van der Waals surface area contributed by atoms with Crippen LogP contribution < -0.4 is 15.0 Å². The van der Waals surface area contributed by atoms with Gasteiger partial charge in [0.15, 0.2) is 5.60 Å². The number of hydrogen-bond acceptors (Lipinski definition) is 6. The van der Waals surface area contributed by atoms with Gasteiger partial charge >= 0.3 is 5.97 Å². The van der Waals surface area contributed by atoms with Crippen LogP contribution in [0.5, 0.6) is 5.75 Å². The van der Waals surface area contributed by atoms with Crippen molar-refractivity contribution in [3.63, 3.8) is 0 Å². The van der Waals surface area contributed by atoms with Crippen LogP contribution in [0.15, 0.2) is 78.9 Å². The highest BCUT2D eigenvalue weighted by Crippen LogP contribution is 2.30. The SMILES string of the molecule is CCOC(=O)c1ccc(N2CCN(Cc3ccccc3)CC2)c(NC(=O)C(C)(C)Oc2ccccc2)c1. The zero-order valence-corrected chi connectivity index (χ0v) is 21.8. The Morgan fingerprint density at radius 3 is 2.19 bits per heavy atom. The van der Waals surface area contributed by atoms with Crippen molar-refractivity contribution >= 4 is 23.3 Å². The molecule has 0 saturated carbocycles. The molecular formula is C30H35N3O4. The number of carbonyl (C=O) groups excluding carboxylic acids is 2. The van der Waals surface area contributed by atoms with Gasteiger partial charge in [0.05, 0.1) is 23.5 Å². The van der Waals surface area contributed by atoms with Crippen LogP contribution in [0.1, 0.15) is 36.7 Å². The van der Waals surface area contributed by atoms with Gasteiger partial charge in [0.25, 0.3) is 5.91 Å². The molecule has 0 bridgehead atoms. The average Bonchev–Trinajstić information content (AvgIpc) is 2.90. The van der Waals surface area contributed by atoms with Crippen LogP contribution in [0.25, 0.3) is 0 Å². The summed E-state index contributed by atoms with van der Waals surface area (Å²) in [5.74, 6) is -0.115. The number of carbonyl (C=O) groups is 2. The van der Waals surface area contributed by atoms with E-state index in [0.29, 0.717) is 17.0 Å². The smallest absolute Gasteiger partial charge is 0.338 e. The topological polar surface area (TPSA) is 71.1 Å². The van der Waals surface area contributed by atoms with E-state index in [1.54, 1.807) is 32.9 Å². The lowest BCUT2D eigenvalue weighted by Gasteiger charge is -2.37. The second-order valence-corrected chi connectivity index (χ2v) is 9.58. The van der Waals surface area contributed by atoms with Crippen LogP contribution >= 0.6 is 0 Å². The first-order valence-electron chi connectivity index (χ1n) is 12.7. The Morgan fingerprint density at radius 1 is 0.892 bits per heavy atom. The van der Waals surface area contributed by atoms with Gasteiger partial charge in [-0.15, -0.1) is 0 Å². The van der Waals surface area contributed by atoms with Crippen LogP contribution in [-0.4, -0.2) is 55.2 Å². The van der Waals surface area contributed by atoms with E-state index in [2.05, 4.69) is 39.4 Å². The summed E-state index contributed by atoms with van der Waals surface area (Å²) in [6, 6.07) is 25.0. The fraction of sp³-hybridized carbons (Fsp3) is 0.333. The summed E-state index contributed by atoms with van der Waals surface area (Å²) >= 11 is 0. The van der Waals surface area contributed by atoms with Crippen molar-refractivity contribution < 1.29 is 19.1 Å². The summed E-state index contributed by atoms with van der Waals surface area (Å²) in [6.45, 7) is 9.81. The standard InChI is InChI=1S/C30H35N3O4/c1-4-36-28(34)24-15-16-27(33-19-17-32(18-20-33)22-23-11-7-5-8-12-23)26(21-24)31-29(35)30(2,3)37-25-13-9-6-10-14-25/h5-16,21H,4,17-20,22H2,1-3H3,(H,31,35). The van der Waals surface area contributed by atoms with Gasteiger partial charge in [-0.2, -0.15) is 0 Å². The minimum Gasteiger partial charge on any atom is -0.478 e. The van der Waals surface area contributed by atoms with Crippen molar-refractivity contribution in [2.75, 3.05) is 43.0 Å². The lowest BCUT2D eigenvalue weighted by atomic mass is 10.1. The van der Waals surface area contributed by atoms with Crippen molar-refractivity contribution in [2.45, 2.75) is 32.9 Å². The van der Waals surface area contributed by atoms with Gasteiger partial charge in [0.1, 0.15) is 5.75 Å². The van der Waals surface area contributed by atoms with E-state index in [1.165, 1.54) is 5.56 Å². The molecule has 1 N–H and O–H groups in total. The van der Waals surface area contributed by atoms with Gasteiger partial charge in [-0.05, 0) is 56.7 Å². The largest absolute Gasteiger partial charge is 0.478 e. The predicted molar refractivity (Wildman–Crippen MR) is 146 cm³/mol. The van der Waals surface area contributed by atoms with E-state index in [4.69, 9.17) is 9.47 Å². The van der Waals surface area contributed by atoms with Gasteiger partial charge in [-0.25, -0.2) is 4.79 Å². The van der Waals surface area contributed by atoms with Gasteiger partial charge < -0.3 is 19.7 Å². The van der Waals surface area contributed by atoms with Crippen molar-refractivity contribution in [3.05, 3.63) is 90.0 Å². The zero-order chi connectivity index (χ0) is 26.3. The molecular weight excluding hydrogens is 466 g/mol. The quantitative estimate of drug-likeness (QED) is 0.417. The van der Waals surface area contributed by atoms with Gasteiger partial charge in [-0.3, -0.25) is 9.69 Å². The Morgan fingerprint density at radius 2 is 1.54 bits per heavy atom. The summed E-state index contributed by atoms with van der Waals surface area (Å²) in [5.41, 5.74) is 1.99. The molecule has 4 rings (SSSR count). The predicted octanol–water partition coefficient (Wildman–Crippen LogP) is 4.98. The maximum Gasteiger partial charge on any atom is 0.338 e. The van der Waals surface area contributed by atoms with Gasteiger partial charge in [0, 0.05) is 32.7 Å². The summed E-state index contributed by atoms with van der Waals surface area (Å²) in [5, 5.41) is 3.03. The fourth-order valence-electron chi connectivity index (χ4n) is 4.34. The molecule has 1 aliphatic heterocycles. The van der Waals surface area contributed by atoms with E-state index < -0.39 is 11.6 Å². The molecule has 1 aliphatic rings. The summed E-state index contributed by atoms with van der Waals surface area (Å²) in [6.07, 6.45) is 0. The Hall–Kier alpha value is -3.84. The maximum atomic E-state index is 13.4. The number of hydrogen-bond donors (Lipinski definition) is 1. The molecule has 0 spiro atoms. The van der Waals surface area contributed by atoms with Crippen molar-refractivity contribution in [1.29, 1.82) is 0 Å². The molecule has 7 heteroatoms. The number of rotatable bonds is 9. The molecule has 1 fully saturated rings. The normalized spacial score (nSPS) is 14.2. The molecule has 0 aliphatic carbocycles. The van der Waals surface area contributed by atoms with Gasteiger partial charge in [-0.1, -0.05) is 48.5 Å². The number of amides is 1. The van der Waals surface area contributed by atoms with E-state index in [1.807, 2.05) is 42.5 Å². The third kappa shape index (κ3) is 6.89. The molecule has 0 atom stereocenters. The molecule has 3 aromatic rings. The lowest BCUT2D eigenvalue weighted by molar-refractivity contribution is -0.128. The van der Waals surface area contributed by atoms with Crippen LogP contribution in [0.2, 0.25) is 0 Å². The fourth-order valence-corrected chi connectivity index (χ4v) is 4.34. The summed E-state index contributed by atoms with van der Waals surface area (Å²) < 4.78 is 11.2. The minimum absolute atomic E-state index is 0.281. The number of benzene rings is 3. The Labute approximate surface area is 219 Å². The first kappa shape index (κ1) is 26.2. The van der Waals surface area contributed by atoms with E-state index >= 15 is 0 Å². The highest BCUT2D eigenvalue weighted by Gasteiger charge is 2.31. The second-order valence-electron chi connectivity index (χ2n) is 9.58. The van der Waals surface area contributed by atoms with Crippen molar-refractivity contribution in [2.24, 2.45) is 0 Å². The highest BCUT2D eigenvalue weighted by atomic mass is 16.5. The second kappa shape index (κ2) is 11.9. The van der Waals surface area contributed by atoms with Gasteiger partial charge in [0.2, 0.25) is 0 Å². The molecule has 0 aromatic heterocycles. The molecule has 1 amide bonds. The maximum absolute atomic E-state index is 13.4. The number of ether oxygens (including phenoxy) is 2. The number of nitrogens with zero attached hydrogens (tertiary/aromatic N) is 2. The first-order valence-corrected chi connectivity index (χ1v) is 12.7. The number of esters is 1. The molecule has 0 unspecified atom stereocenters. The van der Waals surface area contributed by atoms with Crippen LogP contribution in [0.3, 0.4) is 0 Å². The monoisotopic (exact) mass is 501 g/mol. The Balaban J connectivity index is 1.51. The third-order valence-corrected chi connectivity index (χ3v) is 6.38. The van der Waals surface area contributed by atoms with Crippen molar-refractivity contribution in [1.82, 2.24) is 4.90 Å². The molecule has 1 saturated heterocycles. The Kier molecular flexibility index (Phi) is 8.46. The highest BCUT2D eigenvalue weighted by molar-refractivity contribution is 6.01. The summed E-state index contributed by atoms with van der Waals surface area (Å²) in [7, 11) is 0. The van der Waals surface area contributed by atoms with Crippen LogP contribution in [-0.2, 0) is 16.1 Å². The number of para-hydroxylation sites is 1. The zero-order valence-electron chi connectivity index (χ0n) is 21.8. The molecule has 0 radical (unpaired) electrons. The number of anilines is 2. The minimum atomic E-state index is -1.13. The number of nitrogens with one attached hydrogen (secondary N) is 1. The van der Waals surface area contributed by atoms with E-state index in [0.717, 1.165) is 38.4 Å². The number of piperazine rings is 1. The molecule has 37 heavy (non-hydrogen) atoms. The lowest BCUT2D eigenvalue weighted by Crippen LogP contribution is -2.46. The summed E-state index contributed by atoms with van der Waals surface area (Å²) in [4.78, 5) is 30.5. The molecule has 3 aromatic carbocycles. The first-order chi connectivity index (χ1) is 17.9. The Bertz CT molecular complexity index is 1190. The molecule has 194 valence electrons. The van der Waals surface area contributed by atoms with E-state index in [-0.39, 0.29) is 12.5 Å². The van der Waals surface area contributed by atoms with E-state index in [9.17, 15) is 9.59 Å². The van der Waals surface area contributed by atoms with Crippen LogP contribution in [0, 0.1) is 0 Å². The molecule has 7 nitrogen and oxygen atoms in total. The third-order valence-electron chi connectivity index (χ3n) is 6.38.